The minimum absolute atomic E-state index is 0.553. The van der Waals surface area contributed by atoms with E-state index in [1.165, 1.54) is 0 Å². The summed E-state index contributed by atoms with van der Waals surface area (Å²) in [4.78, 5) is 4.68. The number of nitrogens with zero attached hydrogens (tertiary/aromatic N) is 2. The molecule has 2 aromatic carbocycles. The topological polar surface area (TPSA) is 43.8 Å². The first kappa shape index (κ1) is 11.0. The van der Waals surface area contributed by atoms with Gasteiger partial charge in [0.25, 0.3) is 0 Å². The summed E-state index contributed by atoms with van der Waals surface area (Å²) in [7, 11) is 2.04. The van der Waals surface area contributed by atoms with Crippen molar-refractivity contribution in [1.82, 2.24) is 9.55 Å². The van der Waals surface area contributed by atoms with Crippen molar-refractivity contribution in [3.05, 3.63) is 54.1 Å². The Morgan fingerprint density at radius 3 is 2.72 bits per heavy atom. The standard InChI is InChI=1S/C15H15N3/c1-18-14-8-3-2-7-13(14)17-15(18)12-6-4-5-11(9-12)10-16/h2-9H,10,16H2,1H3. The lowest BCUT2D eigenvalue weighted by Crippen LogP contribution is -1.97. The smallest absolute Gasteiger partial charge is 0.140 e. The van der Waals surface area contributed by atoms with Crippen molar-refractivity contribution in [2.24, 2.45) is 12.8 Å². The number of imidazole rings is 1. The number of hydrogen-bond donors (Lipinski definition) is 1. The Morgan fingerprint density at radius 2 is 1.94 bits per heavy atom. The Labute approximate surface area is 106 Å². The first-order valence-corrected chi connectivity index (χ1v) is 6.00. The van der Waals surface area contributed by atoms with Crippen LogP contribution in [0.2, 0.25) is 0 Å². The molecule has 0 radical (unpaired) electrons. The molecule has 0 aliphatic carbocycles. The minimum Gasteiger partial charge on any atom is -0.327 e. The van der Waals surface area contributed by atoms with Crippen LogP contribution in [0, 0.1) is 0 Å². The van der Waals surface area contributed by atoms with Gasteiger partial charge in [-0.1, -0.05) is 30.3 Å². The number of rotatable bonds is 2. The molecular weight excluding hydrogens is 222 g/mol. The van der Waals surface area contributed by atoms with E-state index in [0.29, 0.717) is 6.54 Å². The molecule has 0 bridgehead atoms. The first-order valence-electron chi connectivity index (χ1n) is 6.00. The van der Waals surface area contributed by atoms with Crippen LogP contribution in [0.25, 0.3) is 22.4 Å². The molecule has 0 aliphatic heterocycles. The highest BCUT2D eigenvalue weighted by Crippen LogP contribution is 2.23. The molecule has 1 heterocycles. The van der Waals surface area contributed by atoms with Gasteiger partial charge in [0.1, 0.15) is 5.82 Å². The quantitative estimate of drug-likeness (QED) is 0.744. The molecule has 0 unspecified atom stereocenters. The molecule has 0 spiro atoms. The van der Waals surface area contributed by atoms with Crippen LogP contribution >= 0.6 is 0 Å². The van der Waals surface area contributed by atoms with Gasteiger partial charge in [0.2, 0.25) is 0 Å². The monoisotopic (exact) mass is 237 g/mol. The Hall–Kier alpha value is -2.13. The minimum atomic E-state index is 0.553. The van der Waals surface area contributed by atoms with Crippen molar-refractivity contribution in [2.45, 2.75) is 6.54 Å². The molecule has 18 heavy (non-hydrogen) atoms. The first-order chi connectivity index (χ1) is 8.79. The Kier molecular flexibility index (Phi) is 2.61. The Morgan fingerprint density at radius 1 is 1.11 bits per heavy atom. The number of nitrogens with two attached hydrogens (primary N) is 1. The third-order valence-electron chi connectivity index (χ3n) is 3.21. The van der Waals surface area contributed by atoms with Crippen molar-refractivity contribution in [3.63, 3.8) is 0 Å². The summed E-state index contributed by atoms with van der Waals surface area (Å²) in [5.74, 6) is 0.978. The predicted molar refractivity (Wildman–Crippen MR) is 74.0 cm³/mol. The molecule has 3 heteroatoms. The zero-order valence-corrected chi connectivity index (χ0v) is 10.3. The highest BCUT2D eigenvalue weighted by Gasteiger charge is 2.09. The van der Waals surface area contributed by atoms with Crippen LogP contribution in [0.4, 0.5) is 0 Å². The molecule has 0 saturated carbocycles. The SMILES string of the molecule is Cn1c(-c2cccc(CN)c2)nc2ccccc21. The predicted octanol–water partition coefficient (Wildman–Crippen LogP) is 2.70. The second-order valence-electron chi connectivity index (χ2n) is 4.39. The summed E-state index contributed by atoms with van der Waals surface area (Å²) in [6.45, 7) is 0.553. The van der Waals surface area contributed by atoms with E-state index < -0.39 is 0 Å². The molecule has 90 valence electrons. The molecule has 3 rings (SSSR count). The van der Waals surface area contributed by atoms with Gasteiger partial charge in [0, 0.05) is 19.2 Å². The largest absolute Gasteiger partial charge is 0.327 e. The van der Waals surface area contributed by atoms with Gasteiger partial charge in [-0.2, -0.15) is 0 Å². The van der Waals surface area contributed by atoms with Gasteiger partial charge in [-0.3, -0.25) is 0 Å². The van der Waals surface area contributed by atoms with Crippen LogP contribution in [0.3, 0.4) is 0 Å². The van der Waals surface area contributed by atoms with Gasteiger partial charge >= 0.3 is 0 Å². The lowest BCUT2D eigenvalue weighted by Gasteiger charge is -2.04. The molecule has 0 atom stereocenters. The van der Waals surface area contributed by atoms with E-state index >= 15 is 0 Å². The van der Waals surface area contributed by atoms with Crippen LogP contribution in [-0.2, 0) is 13.6 Å². The number of aryl methyl sites for hydroxylation is 1. The molecule has 0 fully saturated rings. The summed E-state index contributed by atoms with van der Waals surface area (Å²) in [6.07, 6.45) is 0. The molecule has 0 aliphatic rings. The molecule has 1 aromatic heterocycles. The lowest BCUT2D eigenvalue weighted by atomic mass is 10.1. The summed E-state index contributed by atoms with van der Waals surface area (Å²) in [6, 6.07) is 16.4. The van der Waals surface area contributed by atoms with Crippen molar-refractivity contribution >= 4 is 11.0 Å². The van der Waals surface area contributed by atoms with E-state index in [1.54, 1.807) is 0 Å². The third-order valence-corrected chi connectivity index (χ3v) is 3.21. The van der Waals surface area contributed by atoms with Gasteiger partial charge in [0.05, 0.1) is 11.0 Å². The fourth-order valence-corrected chi connectivity index (χ4v) is 2.24. The lowest BCUT2D eigenvalue weighted by molar-refractivity contribution is 0.957. The Balaban J connectivity index is 2.21. The number of benzene rings is 2. The zero-order chi connectivity index (χ0) is 12.5. The van der Waals surface area contributed by atoms with Gasteiger partial charge in [0.15, 0.2) is 0 Å². The summed E-state index contributed by atoms with van der Waals surface area (Å²) in [5, 5.41) is 0. The molecular formula is C15H15N3. The van der Waals surface area contributed by atoms with Crippen LogP contribution in [0.15, 0.2) is 48.5 Å². The van der Waals surface area contributed by atoms with E-state index in [0.717, 1.165) is 28.0 Å². The van der Waals surface area contributed by atoms with Crippen molar-refractivity contribution in [3.8, 4) is 11.4 Å². The van der Waals surface area contributed by atoms with Crippen molar-refractivity contribution in [2.75, 3.05) is 0 Å². The number of aromatic nitrogens is 2. The average molecular weight is 237 g/mol. The van der Waals surface area contributed by atoms with Crippen LogP contribution in [0.1, 0.15) is 5.56 Å². The maximum atomic E-state index is 5.68. The number of para-hydroxylation sites is 2. The van der Waals surface area contributed by atoms with Crippen molar-refractivity contribution < 1.29 is 0 Å². The molecule has 0 amide bonds. The zero-order valence-electron chi connectivity index (χ0n) is 10.3. The van der Waals surface area contributed by atoms with E-state index in [2.05, 4.69) is 27.8 Å². The molecule has 0 saturated heterocycles. The molecule has 3 nitrogen and oxygen atoms in total. The number of fused-ring (bicyclic) bond motifs is 1. The fraction of sp³-hybridized carbons (Fsp3) is 0.133. The second kappa shape index (κ2) is 4.27. The normalized spacial score (nSPS) is 11.0. The average Bonchev–Trinajstić information content (AvgIpc) is 2.77. The van der Waals surface area contributed by atoms with Gasteiger partial charge in [-0.15, -0.1) is 0 Å². The molecule has 2 N–H and O–H groups in total. The van der Waals surface area contributed by atoms with E-state index in [9.17, 15) is 0 Å². The third kappa shape index (κ3) is 1.69. The van der Waals surface area contributed by atoms with Gasteiger partial charge < -0.3 is 10.3 Å². The van der Waals surface area contributed by atoms with Gasteiger partial charge in [-0.25, -0.2) is 4.98 Å². The highest BCUT2D eigenvalue weighted by molar-refractivity contribution is 5.80. The maximum Gasteiger partial charge on any atom is 0.140 e. The van der Waals surface area contributed by atoms with E-state index in [4.69, 9.17) is 5.73 Å². The summed E-state index contributed by atoms with van der Waals surface area (Å²) in [5.41, 5.74) is 10.1. The molecule has 3 aromatic rings. The van der Waals surface area contributed by atoms with Crippen LogP contribution in [-0.4, -0.2) is 9.55 Å². The second-order valence-corrected chi connectivity index (χ2v) is 4.39. The number of hydrogen-bond acceptors (Lipinski definition) is 2. The van der Waals surface area contributed by atoms with E-state index in [-0.39, 0.29) is 0 Å². The highest BCUT2D eigenvalue weighted by atomic mass is 15.1. The fourth-order valence-electron chi connectivity index (χ4n) is 2.24. The van der Waals surface area contributed by atoms with Crippen molar-refractivity contribution in [1.29, 1.82) is 0 Å². The van der Waals surface area contributed by atoms with Crippen LogP contribution < -0.4 is 5.73 Å². The summed E-state index contributed by atoms with van der Waals surface area (Å²) >= 11 is 0. The summed E-state index contributed by atoms with van der Waals surface area (Å²) < 4.78 is 2.12. The van der Waals surface area contributed by atoms with Gasteiger partial charge in [-0.05, 0) is 23.8 Å². The van der Waals surface area contributed by atoms with E-state index in [1.807, 2.05) is 37.4 Å². The Bertz CT molecular complexity index is 698. The maximum absolute atomic E-state index is 5.68. The van der Waals surface area contributed by atoms with Crippen LogP contribution in [0.5, 0.6) is 0 Å².